The van der Waals surface area contributed by atoms with Gasteiger partial charge in [0.15, 0.2) is 5.96 Å². The molecular formula is C20H30N4O3S2. The van der Waals surface area contributed by atoms with Crippen molar-refractivity contribution in [1.82, 2.24) is 14.9 Å². The maximum Gasteiger partial charge on any atom is 0.240 e. The van der Waals surface area contributed by atoms with E-state index in [1.54, 1.807) is 35.6 Å². The summed E-state index contributed by atoms with van der Waals surface area (Å²) in [7, 11) is 0.0400. The van der Waals surface area contributed by atoms with E-state index in [-0.39, 0.29) is 11.4 Å². The minimum atomic E-state index is -3.52. The molecule has 2 rings (SSSR count). The molecule has 0 bridgehead atoms. The Morgan fingerprint density at radius 3 is 2.62 bits per heavy atom. The lowest BCUT2D eigenvalue weighted by Gasteiger charge is -2.21. The first-order valence-corrected chi connectivity index (χ1v) is 11.9. The quantitative estimate of drug-likeness (QED) is 0.320. The lowest BCUT2D eigenvalue weighted by molar-refractivity contribution is 0.204. The van der Waals surface area contributed by atoms with E-state index in [1.165, 1.54) is 12.0 Å². The highest BCUT2D eigenvalue weighted by Gasteiger charge is 2.13. The summed E-state index contributed by atoms with van der Waals surface area (Å²) in [6.07, 6.45) is 0.973. The second kappa shape index (κ2) is 11.9. The van der Waals surface area contributed by atoms with Gasteiger partial charge in [0.1, 0.15) is 0 Å². The molecule has 0 fully saturated rings. The largest absolute Gasteiger partial charge is 0.383 e. The second-order valence-corrected chi connectivity index (χ2v) is 9.25. The van der Waals surface area contributed by atoms with Crippen LogP contribution in [0, 0.1) is 0 Å². The molecule has 1 aromatic carbocycles. The molecule has 0 saturated carbocycles. The van der Waals surface area contributed by atoms with Crippen molar-refractivity contribution >= 4 is 27.3 Å². The summed E-state index contributed by atoms with van der Waals surface area (Å²) in [5.41, 5.74) is 0.947. The lowest BCUT2D eigenvalue weighted by atomic mass is 10.2. The van der Waals surface area contributed by atoms with Crippen LogP contribution in [0.25, 0.3) is 0 Å². The smallest absolute Gasteiger partial charge is 0.240 e. The molecule has 7 nitrogen and oxygen atoms in total. The van der Waals surface area contributed by atoms with Crippen molar-refractivity contribution in [1.29, 1.82) is 0 Å². The molecule has 29 heavy (non-hydrogen) atoms. The zero-order valence-electron chi connectivity index (χ0n) is 17.2. The van der Waals surface area contributed by atoms with E-state index in [9.17, 15) is 8.42 Å². The fraction of sp³-hybridized carbons (Fsp3) is 0.450. The summed E-state index contributed by atoms with van der Waals surface area (Å²) in [5.74, 6) is 0.835. The molecule has 0 aliphatic rings. The Morgan fingerprint density at radius 1 is 1.24 bits per heavy atom. The van der Waals surface area contributed by atoms with E-state index in [0.29, 0.717) is 13.2 Å². The van der Waals surface area contributed by atoms with Crippen molar-refractivity contribution in [3.8, 4) is 0 Å². The minimum absolute atomic E-state index is 0.237. The maximum atomic E-state index is 12.2. The third kappa shape index (κ3) is 7.77. The van der Waals surface area contributed by atoms with Crippen LogP contribution in [0.3, 0.4) is 0 Å². The third-order valence-electron chi connectivity index (χ3n) is 4.21. The van der Waals surface area contributed by atoms with Gasteiger partial charge in [-0.3, -0.25) is 0 Å². The molecule has 160 valence electrons. The summed E-state index contributed by atoms with van der Waals surface area (Å²) >= 11 is 1.76. The number of guanidine groups is 1. The van der Waals surface area contributed by atoms with Crippen LogP contribution in [-0.4, -0.2) is 59.7 Å². The molecule has 0 amide bonds. The predicted molar refractivity (Wildman–Crippen MR) is 119 cm³/mol. The number of rotatable bonds is 11. The van der Waals surface area contributed by atoms with Crippen LogP contribution in [-0.2, 0) is 27.7 Å². The Labute approximate surface area is 177 Å². The van der Waals surface area contributed by atoms with Crippen molar-refractivity contribution < 1.29 is 13.2 Å². The van der Waals surface area contributed by atoms with Crippen molar-refractivity contribution in [2.45, 2.75) is 24.8 Å². The van der Waals surface area contributed by atoms with Crippen LogP contribution in [0.15, 0.2) is 51.7 Å². The molecule has 2 aromatic rings. The van der Waals surface area contributed by atoms with Crippen LogP contribution >= 0.6 is 11.3 Å². The fourth-order valence-electron chi connectivity index (χ4n) is 2.61. The SMILES string of the molecule is CCNC(=NCc1ccc(S(=O)(=O)NCCOC)cc1)N(C)CCc1cccs1. The molecule has 9 heteroatoms. The van der Waals surface area contributed by atoms with Gasteiger partial charge in [-0.2, -0.15) is 0 Å². The van der Waals surface area contributed by atoms with E-state index in [2.05, 4.69) is 37.4 Å². The van der Waals surface area contributed by atoms with Crippen LogP contribution < -0.4 is 10.0 Å². The van der Waals surface area contributed by atoms with Crippen molar-refractivity contribution in [3.05, 3.63) is 52.2 Å². The molecule has 0 unspecified atom stereocenters. The third-order valence-corrected chi connectivity index (χ3v) is 6.63. The van der Waals surface area contributed by atoms with E-state index >= 15 is 0 Å². The van der Waals surface area contributed by atoms with Crippen LogP contribution in [0.5, 0.6) is 0 Å². The standard InChI is InChI=1S/C20H30N4O3S2/c1-4-21-20(24(2)13-11-18-6-5-15-28-18)22-16-17-7-9-19(10-8-17)29(25,26)23-12-14-27-3/h5-10,15,23H,4,11-14,16H2,1-3H3,(H,21,22). The number of nitrogens with zero attached hydrogens (tertiary/aromatic N) is 2. The van der Waals surface area contributed by atoms with Crippen molar-refractivity contribution in [3.63, 3.8) is 0 Å². The predicted octanol–water partition coefficient (Wildman–Crippen LogP) is 2.31. The second-order valence-electron chi connectivity index (χ2n) is 6.46. The molecular weight excluding hydrogens is 408 g/mol. The number of thiophene rings is 1. The van der Waals surface area contributed by atoms with E-state index in [1.807, 2.05) is 14.0 Å². The van der Waals surface area contributed by atoms with Gasteiger partial charge in [0, 0.05) is 38.7 Å². The minimum Gasteiger partial charge on any atom is -0.383 e. The summed E-state index contributed by atoms with van der Waals surface area (Å²) in [4.78, 5) is 8.39. The Bertz CT molecular complexity index is 850. The van der Waals surface area contributed by atoms with Gasteiger partial charge in [-0.25, -0.2) is 18.1 Å². The number of ether oxygens (including phenoxy) is 1. The van der Waals surface area contributed by atoms with E-state index in [4.69, 9.17) is 4.74 Å². The molecule has 0 aliphatic carbocycles. The lowest BCUT2D eigenvalue weighted by Crippen LogP contribution is -2.39. The maximum absolute atomic E-state index is 12.2. The van der Waals surface area contributed by atoms with E-state index < -0.39 is 10.0 Å². The average Bonchev–Trinajstić information content (AvgIpc) is 3.23. The molecule has 2 N–H and O–H groups in total. The first-order chi connectivity index (χ1) is 14.0. The van der Waals surface area contributed by atoms with Gasteiger partial charge in [-0.15, -0.1) is 11.3 Å². The number of methoxy groups -OCH3 is 1. The fourth-order valence-corrected chi connectivity index (χ4v) is 4.32. The van der Waals surface area contributed by atoms with Gasteiger partial charge >= 0.3 is 0 Å². The zero-order valence-corrected chi connectivity index (χ0v) is 18.9. The number of nitrogens with one attached hydrogen (secondary N) is 2. The number of aliphatic imine (C=N–C) groups is 1. The monoisotopic (exact) mass is 438 g/mol. The first kappa shape index (κ1) is 23.3. The molecule has 1 aromatic heterocycles. The number of likely N-dealkylation sites (N-methyl/N-ethyl adjacent to an activating group) is 1. The topological polar surface area (TPSA) is 83.0 Å². The van der Waals surface area contributed by atoms with Gasteiger partial charge in [0.2, 0.25) is 10.0 Å². The molecule has 0 aliphatic heterocycles. The van der Waals surface area contributed by atoms with Crippen LogP contribution in [0.1, 0.15) is 17.4 Å². The van der Waals surface area contributed by atoms with Gasteiger partial charge in [0.25, 0.3) is 0 Å². The highest BCUT2D eigenvalue weighted by atomic mass is 32.2. The van der Waals surface area contributed by atoms with E-state index in [0.717, 1.165) is 31.0 Å². The van der Waals surface area contributed by atoms with Crippen LogP contribution in [0.4, 0.5) is 0 Å². The molecule has 1 heterocycles. The number of hydrogen-bond donors (Lipinski definition) is 2. The molecule has 0 radical (unpaired) electrons. The number of benzene rings is 1. The van der Waals surface area contributed by atoms with Gasteiger partial charge in [-0.1, -0.05) is 18.2 Å². The average molecular weight is 439 g/mol. The Kier molecular flexibility index (Phi) is 9.59. The molecule has 0 atom stereocenters. The summed E-state index contributed by atoms with van der Waals surface area (Å²) < 4.78 is 31.8. The summed E-state index contributed by atoms with van der Waals surface area (Å²) in [6, 6.07) is 11.0. The normalized spacial score (nSPS) is 12.2. The van der Waals surface area contributed by atoms with Gasteiger partial charge < -0.3 is 15.0 Å². The van der Waals surface area contributed by atoms with Gasteiger partial charge in [-0.05, 0) is 42.5 Å². The van der Waals surface area contributed by atoms with Gasteiger partial charge in [0.05, 0.1) is 18.0 Å². The first-order valence-electron chi connectivity index (χ1n) is 9.55. The highest BCUT2D eigenvalue weighted by molar-refractivity contribution is 7.89. The summed E-state index contributed by atoms with van der Waals surface area (Å²) in [5, 5.41) is 5.40. The number of sulfonamides is 1. The Morgan fingerprint density at radius 2 is 2.00 bits per heavy atom. The molecule has 0 saturated heterocycles. The summed E-state index contributed by atoms with van der Waals surface area (Å²) in [6.45, 7) is 4.75. The Balaban J connectivity index is 1.97. The zero-order chi connectivity index (χ0) is 21.1. The Hall–Kier alpha value is -1.94. The van der Waals surface area contributed by atoms with Crippen molar-refractivity contribution in [2.24, 2.45) is 4.99 Å². The molecule has 0 spiro atoms. The van der Waals surface area contributed by atoms with Crippen LogP contribution in [0.2, 0.25) is 0 Å². The van der Waals surface area contributed by atoms with Crippen molar-refractivity contribution in [2.75, 3.05) is 40.4 Å². The highest BCUT2D eigenvalue weighted by Crippen LogP contribution is 2.12. The number of hydrogen-bond acceptors (Lipinski definition) is 5.